The Morgan fingerprint density at radius 2 is 2.10 bits per heavy atom. The Hall–Kier alpha value is -1.39. The van der Waals surface area contributed by atoms with Crippen LogP contribution in [0.1, 0.15) is 41.7 Å². The van der Waals surface area contributed by atoms with Gasteiger partial charge in [-0.1, -0.05) is 38.4 Å². The van der Waals surface area contributed by atoms with E-state index >= 15 is 0 Å². The Bertz CT molecular complexity index is 632. The lowest BCUT2D eigenvalue weighted by atomic mass is 9.91. The first kappa shape index (κ1) is 16.0. The fourth-order valence-electron chi connectivity index (χ4n) is 1.93. The van der Waals surface area contributed by atoms with Crippen molar-refractivity contribution in [3.8, 4) is 0 Å². The van der Waals surface area contributed by atoms with Crippen LogP contribution in [0.3, 0.4) is 0 Å². The van der Waals surface area contributed by atoms with Crippen molar-refractivity contribution in [2.75, 3.05) is 7.05 Å². The second-order valence-corrected chi connectivity index (χ2v) is 7.47. The molecule has 2 aromatic rings. The number of carbonyl (C=O) groups excluding carboxylic acids is 1. The van der Waals surface area contributed by atoms with Crippen molar-refractivity contribution in [3.05, 3.63) is 50.9 Å². The summed E-state index contributed by atoms with van der Waals surface area (Å²) in [6.45, 7) is 6.75. The zero-order chi connectivity index (χ0) is 15.6. The number of amides is 1. The van der Waals surface area contributed by atoms with Gasteiger partial charge in [-0.3, -0.25) is 4.79 Å². The highest BCUT2D eigenvalue weighted by Crippen LogP contribution is 2.24. The van der Waals surface area contributed by atoms with Gasteiger partial charge in [0.05, 0.1) is 6.54 Å². The fourth-order valence-corrected chi connectivity index (χ4v) is 2.90. The van der Waals surface area contributed by atoms with Crippen LogP contribution in [0.2, 0.25) is 5.15 Å². The van der Waals surface area contributed by atoms with Crippen LogP contribution in [0.25, 0.3) is 0 Å². The number of thiophene rings is 1. The summed E-state index contributed by atoms with van der Waals surface area (Å²) in [5, 5.41) is 2.37. The molecule has 1 amide bonds. The molecular formula is C16H19ClN2OS. The van der Waals surface area contributed by atoms with Crippen molar-refractivity contribution in [1.29, 1.82) is 0 Å². The zero-order valence-corrected chi connectivity index (χ0v) is 14.3. The fraction of sp³-hybridized carbons (Fsp3) is 0.375. The van der Waals surface area contributed by atoms with E-state index in [9.17, 15) is 4.79 Å². The largest absolute Gasteiger partial charge is 0.337 e. The topological polar surface area (TPSA) is 33.2 Å². The van der Waals surface area contributed by atoms with Gasteiger partial charge in [-0.05, 0) is 23.6 Å². The Balaban J connectivity index is 2.24. The van der Waals surface area contributed by atoms with Crippen molar-refractivity contribution in [3.63, 3.8) is 0 Å². The molecule has 0 spiro atoms. The molecule has 21 heavy (non-hydrogen) atoms. The normalized spacial score (nSPS) is 11.5. The summed E-state index contributed by atoms with van der Waals surface area (Å²) in [4.78, 5) is 19.7. The van der Waals surface area contributed by atoms with Crippen LogP contribution in [-0.2, 0) is 12.0 Å². The molecular weight excluding hydrogens is 304 g/mol. The summed E-state index contributed by atoms with van der Waals surface area (Å²) in [5.41, 5.74) is 1.26. The Morgan fingerprint density at radius 3 is 2.67 bits per heavy atom. The smallest absolute Gasteiger partial charge is 0.254 e. The summed E-state index contributed by atoms with van der Waals surface area (Å²) >= 11 is 7.71. The molecule has 2 heterocycles. The number of pyridine rings is 1. The van der Waals surface area contributed by atoms with Gasteiger partial charge in [-0.15, -0.1) is 11.3 Å². The van der Waals surface area contributed by atoms with E-state index in [1.54, 1.807) is 29.4 Å². The van der Waals surface area contributed by atoms with Gasteiger partial charge in [-0.2, -0.15) is 0 Å². The van der Waals surface area contributed by atoms with Gasteiger partial charge in [0.2, 0.25) is 0 Å². The lowest BCUT2D eigenvalue weighted by molar-refractivity contribution is 0.0786. The zero-order valence-electron chi connectivity index (χ0n) is 12.7. The third-order valence-corrected chi connectivity index (χ3v) is 4.18. The number of carbonyl (C=O) groups is 1. The van der Waals surface area contributed by atoms with Crippen LogP contribution in [0.4, 0.5) is 0 Å². The molecule has 0 aromatic carbocycles. The molecule has 0 aliphatic carbocycles. The van der Waals surface area contributed by atoms with E-state index in [0.717, 1.165) is 10.6 Å². The lowest BCUT2D eigenvalue weighted by Gasteiger charge is -2.21. The summed E-state index contributed by atoms with van der Waals surface area (Å²) < 4.78 is 0. The van der Waals surface area contributed by atoms with Crippen LogP contribution in [0, 0.1) is 0 Å². The van der Waals surface area contributed by atoms with Gasteiger partial charge in [0.1, 0.15) is 5.15 Å². The number of aromatic nitrogens is 1. The van der Waals surface area contributed by atoms with Crippen LogP contribution in [0.15, 0.2) is 29.6 Å². The van der Waals surface area contributed by atoms with Gasteiger partial charge in [0, 0.05) is 28.6 Å². The van der Waals surface area contributed by atoms with E-state index < -0.39 is 0 Å². The maximum absolute atomic E-state index is 12.5. The highest BCUT2D eigenvalue weighted by Gasteiger charge is 2.20. The van der Waals surface area contributed by atoms with Crippen molar-refractivity contribution in [1.82, 2.24) is 9.88 Å². The third kappa shape index (κ3) is 4.05. The predicted octanol–water partition coefficient (Wildman–Crippen LogP) is 4.37. The predicted molar refractivity (Wildman–Crippen MR) is 88.1 cm³/mol. The maximum Gasteiger partial charge on any atom is 0.254 e. The Labute approximate surface area is 134 Å². The van der Waals surface area contributed by atoms with Crippen molar-refractivity contribution >= 4 is 28.8 Å². The van der Waals surface area contributed by atoms with Crippen molar-refractivity contribution in [2.45, 2.75) is 32.7 Å². The summed E-state index contributed by atoms with van der Waals surface area (Å²) in [6.07, 6.45) is 0. The van der Waals surface area contributed by atoms with Crippen LogP contribution >= 0.6 is 22.9 Å². The molecule has 0 saturated heterocycles. The van der Waals surface area contributed by atoms with Gasteiger partial charge in [0.15, 0.2) is 0 Å². The second-order valence-electron chi connectivity index (χ2n) is 6.05. The summed E-state index contributed by atoms with van der Waals surface area (Å²) in [5.74, 6) is -0.0433. The number of halogens is 1. The number of rotatable bonds is 3. The van der Waals surface area contributed by atoms with Gasteiger partial charge in [-0.25, -0.2) is 4.98 Å². The molecule has 0 saturated carbocycles. The molecule has 5 heteroatoms. The molecule has 0 aliphatic heterocycles. The quantitative estimate of drug-likeness (QED) is 0.786. The molecule has 112 valence electrons. The molecule has 2 aromatic heterocycles. The van der Waals surface area contributed by atoms with Gasteiger partial charge < -0.3 is 4.90 Å². The van der Waals surface area contributed by atoms with E-state index in [0.29, 0.717) is 17.3 Å². The van der Waals surface area contributed by atoms with Gasteiger partial charge >= 0.3 is 0 Å². The van der Waals surface area contributed by atoms with Crippen molar-refractivity contribution in [2.24, 2.45) is 0 Å². The van der Waals surface area contributed by atoms with E-state index in [4.69, 9.17) is 11.6 Å². The first-order chi connectivity index (χ1) is 9.77. The maximum atomic E-state index is 12.5. The van der Waals surface area contributed by atoms with Crippen LogP contribution < -0.4 is 0 Å². The minimum atomic E-state index is -0.147. The van der Waals surface area contributed by atoms with E-state index in [-0.39, 0.29) is 11.3 Å². The molecule has 0 unspecified atom stereocenters. The molecule has 0 radical (unpaired) electrons. The minimum absolute atomic E-state index is 0.0433. The monoisotopic (exact) mass is 322 g/mol. The van der Waals surface area contributed by atoms with Crippen LogP contribution in [-0.4, -0.2) is 22.8 Å². The van der Waals surface area contributed by atoms with Crippen LogP contribution in [0.5, 0.6) is 0 Å². The number of hydrogen-bond acceptors (Lipinski definition) is 3. The molecule has 0 aliphatic rings. The number of hydrogen-bond donors (Lipinski definition) is 0. The van der Waals surface area contributed by atoms with E-state index in [1.807, 2.05) is 23.6 Å². The lowest BCUT2D eigenvalue weighted by Crippen LogP contribution is -2.26. The highest BCUT2D eigenvalue weighted by atomic mass is 35.5. The molecule has 0 bridgehead atoms. The highest BCUT2D eigenvalue weighted by molar-refractivity contribution is 7.09. The third-order valence-electron chi connectivity index (χ3n) is 3.13. The average Bonchev–Trinajstić information content (AvgIpc) is 2.88. The second kappa shape index (κ2) is 6.16. The standard InChI is InChI=1S/C16H19ClN2OS/c1-16(2,3)13-8-11(9-14(17)18-13)15(20)19(4)10-12-6-5-7-21-12/h5-9H,10H2,1-4H3. The summed E-state index contributed by atoms with van der Waals surface area (Å²) in [7, 11) is 1.80. The molecule has 0 fully saturated rings. The Kier molecular flexibility index (Phi) is 4.69. The SMILES string of the molecule is CN(Cc1cccs1)C(=O)c1cc(Cl)nc(C(C)(C)C)c1. The molecule has 0 atom stereocenters. The first-order valence-corrected chi connectivity index (χ1v) is 7.99. The minimum Gasteiger partial charge on any atom is -0.337 e. The molecule has 2 rings (SSSR count). The first-order valence-electron chi connectivity index (χ1n) is 6.73. The summed E-state index contributed by atoms with van der Waals surface area (Å²) in [6, 6.07) is 7.47. The van der Waals surface area contributed by atoms with Gasteiger partial charge in [0.25, 0.3) is 5.91 Å². The molecule has 0 N–H and O–H groups in total. The number of nitrogens with zero attached hydrogens (tertiary/aromatic N) is 2. The van der Waals surface area contributed by atoms with E-state index in [1.165, 1.54) is 0 Å². The van der Waals surface area contributed by atoms with Crippen molar-refractivity contribution < 1.29 is 4.79 Å². The molecule has 3 nitrogen and oxygen atoms in total. The Morgan fingerprint density at radius 1 is 1.38 bits per heavy atom. The average molecular weight is 323 g/mol. The van der Waals surface area contributed by atoms with E-state index in [2.05, 4.69) is 25.8 Å².